The molecular weight excluding hydrogens is 343 g/mol. The number of aryl methyl sites for hydroxylation is 2. The van der Waals surface area contributed by atoms with Crippen molar-refractivity contribution < 1.29 is 0 Å². The molecule has 3 rings (SSSR count). The normalized spacial score (nSPS) is 15.0. The number of hydrazine groups is 1. The summed E-state index contributed by atoms with van der Waals surface area (Å²) in [6.07, 6.45) is 4.05. The first-order valence-electron chi connectivity index (χ1n) is 8.49. The summed E-state index contributed by atoms with van der Waals surface area (Å²) >= 11 is 12.4. The minimum Gasteiger partial charge on any atom is -0.302 e. The fourth-order valence-electron chi connectivity index (χ4n) is 2.96. The number of halogens is 2. The molecule has 1 aliphatic heterocycles. The van der Waals surface area contributed by atoms with Crippen LogP contribution in [0.5, 0.6) is 0 Å². The molecule has 0 radical (unpaired) electrons. The number of nitrogens with zero attached hydrogens (tertiary/aromatic N) is 3. The van der Waals surface area contributed by atoms with Crippen LogP contribution in [-0.4, -0.2) is 28.1 Å². The van der Waals surface area contributed by atoms with Gasteiger partial charge in [0.1, 0.15) is 0 Å². The van der Waals surface area contributed by atoms with Gasteiger partial charge >= 0.3 is 0 Å². The SMILES string of the molecule is CCc1nc(-c2ccc(Cl)cc2Cl)c(CC)nc1NN1CCCC1. The number of hydrogen-bond donors (Lipinski definition) is 1. The highest BCUT2D eigenvalue weighted by Gasteiger charge is 2.18. The smallest absolute Gasteiger partial charge is 0.162 e. The van der Waals surface area contributed by atoms with Gasteiger partial charge in [0, 0.05) is 23.7 Å². The second kappa shape index (κ2) is 7.68. The lowest BCUT2D eigenvalue weighted by Crippen LogP contribution is -2.28. The van der Waals surface area contributed by atoms with Gasteiger partial charge in [-0.25, -0.2) is 15.0 Å². The van der Waals surface area contributed by atoms with E-state index in [-0.39, 0.29) is 0 Å². The molecule has 0 unspecified atom stereocenters. The molecule has 0 atom stereocenters. The number of nitrogens with one attached hydrogen (secondary N) is 1. The van der Waals surface area contributed by atoms with Crippen molar-refractivity contribution >= 4 is 29.0 Å². The molecule has 6 heteroatoms. The van der Waals surface area contributed by atoms with Crippen molar-refractivity contribution in [2.24, 2.45) is 0 Å². The van der Waals surface area contributed by atoms with E-state index in [2.05, 4.69) is 24.3 Å². The van der Waals surface area contributed by atoms with Crippen LogP contribution in [0.4, 0.5) is 5.82 Å². The molecular formula is C18H22Cl2N4. The Morgan fingerprint density at radius 3 is 2.38 bits per heavy atom. The maximum absolute atomic E-state index is 6.39. The molecule has 0 spiro atoms. The molecule has 24 heavy (non-hydrogen) atoms. The van der Waals surface area contributed by atoms with Crippen LogP contribution in [0.25, 0.3) is 11.3 Å². The quantitative estimate of drug-likeness (QED) is 0.810. The van der Waals surface area contributed by atoms with E-state index >= 15 is 0 Å². The molecule has 2 aromatic rings. The van der Waals surface area contributed by atoms with Gasteiger partial charge in [-0.15, -0.1) is 0 Å². The molecule has 1 aromatic carbocycles. The van der Waals surface area contributed by atoms with Crippen LogP contribution >= 0.6 is 23.2 Å². The van der Waals surface area contributed by atoms with Gasteiger partial charge in [-0.05, 0) is 43.9 Å². The molecule has 0 amide bonds. The summed E-state index contributed by atoms with van der Waals surface area (Å²) in [5.74, 6) is 0.866. The summed E-state index contributed by atoms with van der Waals surface area (Å²) in [5.41, 5.74) is 7.08. The zero-order valence-corrected chi connectivity index (χ0v) is 15.6. The van der Waals surface area contributed by atoms with Crippen LogP contribution in [-0.2, 0) is 12.8 Å². The average Bonchev–Trinajstić information content (AvgIpc) is 3.08. The fourth-order valence-corrected chi connectivity index (χ4v) is 3.46. The van der Waals surface area contributed by atoms with Crippen molar-refractivity contribution in [3.63, 3.8) is 0 Å². The Morgan fingerprint density at radius 1 is 1.04 bits per heavy atom. The molecule has 1 aliphatic rings. The van der Waals surface area contributed by atoms with Gasteiger partial charge in [0.05, 0.1) is 22.1 Å². The Balaban J connectivity index is 2.03. The minimum absolute atomic E-state index is 0.605. The topological polar surface area (TPSA) is 41.1 Å². The number of hydrogen-bond acceptors (Lipinski definition) is 4. The molecule has 1 fully saturated rings. The van der Waals surface area contributed by atoms with E-state index in [1.54, 1.807) is 6.07 Å². The van der Waals surface area contributed by atoms with Crippen LogP contribution < -0.4 is 5.43 Å². The predicted octanol–water partition coefficient (Wildman–Crippen LogP) is 5.00. The van der Waals surface area contributed by atoms with E-state index in [9.17, 15) is 0 Å². The van der Waals surface area contributed by atoms with E-state index in [0.717, 1.165) is 54.4 Å². The van der Waals surface area contributed by atoms with Gasteiger partial charge in [0.25, 0.3) is 0 Å². The largest absolute Gasteiger partial charge is 0.302 e. The number of rotatable bonds is 5. The van der Waals surface area contributed by atoms with Gasteiger partial charge in [0.2, 0.25) is 0 Å². The van der Waals surface area contributed by atoms with Crippen molar-refractivity contribution in [2.45, 2.75) is 39.5 Å². The number of aromatic nitrogens is 2. The zero-order chi connectivity index (χ0) is 17.1. The summed E-state index contributed by atoms with van der Waals surface area (Å²) in [4.78, 5) is 9.74. The van der Waals surface area contributed by atoms with E-state index in [1.165, 1.54) is 12.8 Å². The highest BCUT2D eigenvalue weighted by molar-refractivity contribution is 6.36. The van der Waals surface area contributed by atoms with Crippen molar-refractivity contribution in [3.8, 4) is 11.3 Å². The lowest BCUT2D eigenvalue weighted by Gasteiger charge is -2.20. The lowest BCUT2D eigenvalue weighted by molar-refractivity contribution is 0.407. The van der Waals surface area contributed by atoms with Crippen LogP contribution in [0.1, 0.15) is 38.1 Å². The van der Waals surface area contributed by atoms with Gasteiger partial charge in [-0.3, -0.25) is 0 Å². The van der Waals surface area contributed by atoms with Crippen molar-refractivity contribution in [2.75, 3.05) is 18.5 Å². The summed E-state index contributed by atoms with van der Waals surface area (Å²) in [7, 11) is 0. The molecule has 1 aromatic heterocycles. The van der Waals surface area contributed by atoms with Crippen molar-refractivity contribution in [1.29, 1.82) is 0 Å². The first kappa shape index (κ1) is 17.5. The van der Waals surface area contributed by atoms with E-state index in [4.69, 9.17) is 33.2 Å². The Hall–Kier alpha value is -1.36. The third-order valence-corrected chi connectivity index (χ3v) is 4.81. The van der Waals surface area contributed by atoms with Crippen molar-refractivity contribution in [1.82, 2.24) is 15.0 Å². The Bertz CT molecular complexity index is 727. The highest BCUT2D eigenvalue weighted by atomic mass is 35.5. The maximum atomic E-state index is 6.39. The predicted molar refractivity (Wildman–Crippen MR) is 101 cm³/mol. The van der Waals surface area contributed by atoms with Gasteiger partial charge in [-0.1, -0.05) is 37.0 Å². The van der Waals surface area contributed by atoms with Gasteiger partial charge in [-0.2, -0.15) is 0 Å². The lowest BCUT2D eigenvalue weighted by atomic mass is 10.1. The Labute approximate surface area is 153 Å². The van der Waals surface area contributed by atoms with Crippen LogP contribution in [0, 0.1) is 0 Å². The van der Waals surface area contributed by atoms with Crippen LogP contribution in [0.15, 0.2) is 18.2 Å². The highest BCUT2D eigenvalue weighted by Crippen LogP contribution is 2.32. The summed E-state index contributed by atoms with van der Waals surface area (Å²) in [6, 6.07) is 5.51. The molecule has 4 nitrogen and oxygen atoms in total. The standard InChI is InChI=1S/C18H22Cl2N4/c1-3-15-17(13-8-7-12(19)11-14(13)20)21-16(4-2)18(22-15)23-24-9-5-6-10-24/h7-8,11H,3-6,9-10H2,1-2H3,(H,22,23). The maximum Gasteiger partial charge on any atom is 0.162 e. The fraction of sp³-hybridized carbons (Fsp3) is 0.444. The van der Waals surface area contributed by atoms with Crippen LogP contribution in [0.3, 0.4) is 0 Å². The van der Waals surface area contributed by atoms with Crippen LogP contribution in [0.2, 0.25) is 10.0 Å². The monoisotopic (exact) mass is 364 g/mol. The molecule has 0 aliphatic carbocycles. The van der Waals surface area contributed by atoms with Crippen molar-refractivity contribution in [3.05, 3.63) is 39.6 Å². The summed E-state index contributed by atoms with van der Waals surface area (Å²) in [5, 5.41) is 3.45. The second-order valence-electron chi connectivity index (χ2n) is 5.95. The van der Waals surface area contributed by atoms with Gasteiger partial charge in [0.15, 0.2) is 5.82 Å². The molecule has 1 N–H and O–H groups in total. The zero-order valence-electron chi connectivity index (χ0n) is 14.1. The minimum atomic E-state index is 0.605. The Morgan fingerprint density at radius 2 is 1.75 bits per heavy atom. The molecule has 2 heterocycles. The Kier molecular flexibility index (Phi) is 5.59. The molecule has 1 saturated heterocycles. The average molecular weight is 365 g/mol. The first-order chi connectivity index (χ1) is 11.6. The first-order valence-corrected chi connectivity index (χ1v) is 9.24. The van der Waals surface area contributed by atoms with E-state index in [0.29, 0.717) is 10.0 Å². The van der Waals surface area contributed by atoms with E-state index < -0.39 is 0 Å². The number of anilines is 1. The summed E-state index contributed by atoms with van der Waals surface area (Å²) < 4.78 is 0. The third kappa shape index (κ3) is 3.66. The third-order valence-electron chi connectivity index (χ3n) is 4.27. The summed E-state index contributed by atoms with van der Waals surface area (Å²) in [6.45, 7) is 6.29. The van der Waals surface area contributed by atoms with E-state index in [1.807, 2.05) is 12.1 Å². The molecule has 0 saturated carbocycles. The number of benzene rings is 1. The molecule has 128 valence electrons. The van der Waals surface area contributed by atoms with Gasteiger partial charge < -0.3 is 5.43 Å². The molecule has 0 bridgehead atoms. The second-order valence-corrected chi connectivity index (χ2v) is 6.80.